The number of aromatic hydroxyl groups is 1. The fraction of sp³-hybridized carbons (Fsp3) is 0.565. The average molecular weight is 463 g/mol. The molecule has 0 bridgehead atoms. The van der Waals surface area contributed by atoms with Crippen LogP contribution in [-0.4, -0.2) is 69.5 Å². The number of carbonyl (C=O) groups excluding carboxylic acids is 3. The van der Waals surface area contributed by atoms with Gasteiger partial charge in [-0.2, -0.15) is 0 Å². The van der Waals surface area contributed by atoms with Crippen molar-refractivity contribution in [3.8, 4) is 5.75 Å². The van der Waals surface area contributed by atoms with Gasteiger partial charge in [-0.15, -0.1) is 0 Å². The maximum absolute atomic E-state index is 13.0. The Kier molecular flexibility index (Phi) is 9.22. The molecule has 1 aromatic rings. The van der Waals surface area contributed by atoms with E-state index in [1.807, 2.05) is 13.8 Å². The molecule has 0 radical (unpaired) electrons. The minimum Gasteiger partial charge on any atom is -0.508 e. The Morgan fingerprint density at radius 2 is 1.73 bits per heavy atom. The third-order valence-electron chi connectivity index (χ3n) is 5.62. The number of aliphatic carboxylic acids is 1. The number of carboxylic acids is 1. The van der Waals surface area contributed by atoms with Crippen LogP contribution in [0.5, 0.6) is 5.75 Å². The smallest absolute Gasteiger partial charge is 0.326 e. The summed E-state index contributed by atoms with van der Waals surface area (Å²) in [4.78, 5) is 51.1. The van der Waals surface area contributed by atoms with Gasteiger partial charge in [-0.25, -0.2) is 4.79 Å². The lowest BCUT2D eigenvalue weighted by atomic mass is 10.0. The number of hydrogen-bond donors (Lipinski definition) is 5. The zero-order chi connectivity index (χ0) is 24.7. The molecule has 182 valence electrons. The van der Waals surface area contributed by atoms with Gasteiger partial charge in [0.25, 0.3) is 0 Å². The zero-order valence-electron chi connectivity index (χ0n) is 19.3. The second-order valence-corrected chi connectivity index (χ2v) is 8.93. The van der Waals surface area contributed by atoms with Crippen LogP contribution in [0.15, 0.2) is 24.3 Å². The van der Waals surface area contributed by atoms with Crippen molar-refractivity contribution in [2.24, 2.45) is 11.7 Å². The molecular weight excluding hydrogens is 428 g/mol. The predicted molar refractivity (Wildman–Crippen MR) is 121 cm³/mol. The van der Waals surface area contributed by atoms with Crippen molar-refractivity contribution in [1.29, 1.82) is 0 Å². The van der Waals surface area contributed by atoms with Crippen LogP contribution in [0.1, 0.15) is 45.6 Å². The van der Waals surface area contributed by atoms with E-state index in [1.165, 1.54) is 24.0 Å². The highest BCUT2D eigenvalue weighted by atomic mass is 16.4. The number of nitrogens with two attached hydrogens (primary N) is 1. The van der Waals surface area contributed by atoms with Crippen molar-refractivity contribution in [1.82, 2.24) is 15.5 Å². The van der Waals surface area contributed by atoms with Gasteiger partial charge in [0.1, 0.15) is 23.9 Å². The number of nitrogens with one attached hydrogen (secondary N) is 2. The van der Waals surface area contributed by atoms with E-state index in [0.29, 0.717) is 31.4 Å². The van der Waals surface area contributed by atoms with E-state index in [0.717, 1.165) is 0 Å². The Morgan fingerprint density at radius 3 is 2.30 bits per heavy atom. The highest BCUT2D eigenvalue weighted by Gasteiger charge is 2.37. The maximum Gasteiger partial charge on any atom is 0.326 e. The van der Waals surface area contributed by atoms with Crippen LogP contribution >= 0.6 is 0 Å². The number of amides is 3. The highest BCUT2D eigenvalue weighted by molar-refractivity contribution is 5.94. The van der Waals surface area contributed by atoms with Crippen molar-refractivity contribution >= 4 is 23.7 Å². The van der Waals surface area contributed by atoms with E-state index in [2.05, 4.69) is 10.6 Å². The number of hydrogen-bond acceptors (Lipinski definition) is 6. The topological polar surface area (TPSA) is 162 Å². The van der Waals surface area contributed by atoms with E-state index >= 15 is 0 Å². The van der Waals surface area contributed by atoms with E-state index in [9.17, 15) is 29.4 Å². The monoisotopic (exact) mass is 462 g/mol. The standard InChI is InChI=1S/C23H34N4O6/c1-13(2)11-17(24)20(29)26-18(12-15-6-8-16(28)9-7-15)21(30)25-14(3)22(31)27-10-4-5-19(27)23(32)33/h6-9,13-14,17-19,28H,4-5,10-12,24H2,1-3H3,(H,25,30)(H,26,29)(H,32,33). The van der Waals surface area contributed by atoms with Crippen LogP contribution in [0.2, 0.25) is 0 Å². The van der Waals surface area contributed by atoms with E-state index < -0.39 is 47.9 Å². The molecule has 1 fully saturated rings. The van der Waals surface area contributed by atoms with Gasteiger partial charge in [0.2, 0.25) is 17.7 Å². The molecule has 6 N–H and O–H groups in total. The molecule has 1 heterocycles. The summed E-state index contributed by atoms with van der Waals surface area (Å²) in [5.41, 5.74) is 6.65. The molecule has 0 aliphatic carbocycles. The summed E-state index contributed by atoms with van der Waals surface area (Å²) in [6.45, 7) is 5.67. The molecule has 3 amide bonds. The molecule has 10 nitrogen and oxygen atoms in total. The van der Waals surface area contributed by atoms with E-state index in [1.54, 1.807) is 12.1 Å². The Bertz CT molecular complexity index is 857. The minimum absolute atomic E-state index is 0.0700. The number of carboxylic acid groups (broad SMARTS) is 1. The minimum atomic E-state index is -1.07. The number of benzene rings is 1. The molecule has 2 rings (SSSR count). The molecule has 10 heteroatoms. The molecule has 4 atom stereocenters. The summed E-state index contributed by atoms with van der Waals surface area (Å²) in [5, 5.41) is 24.1. The van der Waals surface area contributed by atoms with Crippen molar-refractivity contribution < 1.29 is 29.4 Å². The molecule has 0 saturated carbocycles. The van der Waals surface area contributed by atoms with Crippen LogP contribution in [0.3, 0.4) is 0 Å². The van der Waals surface area contributed by atoms with Crippen LogP contribution < -0.4 is 16.4 Å². The lowest BCUT2D eigenvalue weighted by molar-refractivity contribution is -0.149. The van der Waals surface area contributed by atoms with Gasteiger partial charge in [-0.05, 0) is 49.8 Å². The van der Waals surface area contributed by atoms with Gasteiger partial charge >= 0.3 is 5.97 Å². The van der Waals surface area contributed by atoms with Crippen LogP contribution in [-0.2, 0) is 25.6 Å². The van der Waals surface area contributed by atoms with Crippen molar-refractivity contribution in [2.45, 2.75) is 70.6 Å². The van der Waals surface area contributed by atoms with Gasteiger partial charge in [-0.1, -0.05) is 26.0 Å². The summed E-state index contributed by atoms with van der Waals surface area (Å²) in [5.74, 6) is -2.36. The van der Waals surface area contributed by atoms with Gasteiger partial charge in [0.15, 0.2) is 0 Å². The molecule has 1 saturated heterocycles. The maximum atomic E-state index is 13.0. The Labute approximate surface area is 193 Å². The largest absolute Gasteiger partial charge is 0.508 e. The summed E-state index contributed by atoms with van der Waals surface area (Å²) in [6.07, 6.45) is 1.51. The van der Waals surface area contributed by atoms with Crippen LogP contribution in [0.25, 0.3) is 0 Å². The molecule has 1 aliphatic heterocycles. The van der Waals surface area contributed by atoms with Crippen molar-refractivity contribution in [3.05, 3.63) is 29.8 Å². The first-order valence-electron chi connectivity index (χ1n) is 11.2. The van der Waals surface area contributed by atoms with Crippen molar-refractivity contribution in [2.75, 3.05) is 6.54 Å². The first-order valence-corrected chi connectivity index (χ1v) is 11.2. The second kappa shape index (κ2) is 11.6. The lowest BCUT2D eigenvalue weighted by Gasteiger charge is -2.27. The lowest BCUT2D eigenvalue weighted by Crippen LogP contribution is -2.57. The van der Waals surface area contributed by atoms with Crippen LogP contribution in [0.4, 0.5) is 0 Å². The quantitative estimate of drug-likeness (QED) is 0.335. The fourth-order valence-corrected chi connectivity index (χ4v) is 3.88. The number of phenolic OH excluding ortho intramolecular Hbond substituents is 1. The number of carbonyl (C=O) groups is 4. The first-order chi connectivity index (χ1) is 15.5. The Morgan fingerprint density at radius 1 is 1.09 bits per heavy atom. The normalized spacial score (nSPS) is 18.5. The molecule has 1 aliphatic rings. The number of phenols is 1. The third kappa shape index (κ3) is 7.45. The Hall–Kier alpha value is -3.14. The van der Waals surface area contributed by atoms with Crippen molar-refractivity contribution in [3.63, 3.8) is 0 Å². The molecule has 33 heavy (non-hydrogen) atoms. The zero-order valence-corrected chi connectivity index (χ0v) is 19.3. The number of likely N-dealkylation sites (tertiary alicyclic amines) is 1. The van der Waals surface area contributed by atoms with E-state index in [-0.39, 0.29) is 18.1 Å². The number of rotatable bonds is 10. The van der Waals surface area contributed by atoms with Crippen LogP contribution in [0, 0.1) is 5.92 Å². The summed E-state index contributed by atoms with van der Waals surface area (Å²) >= 11 is 0. The summed E-state index contributed by atoms with van der Waals surface area (Å²) in [7, 11) is 0. The molecule has 0 aromatic heterocycles. The van der Waals surface area contributed by atoms with Gasteiger partial charge < -0.3 is 31.5 Å². The summed E-state index contributed by atoms with van der Waals surface area (Å²) in [6, 6.07) is 2.53. The fourth-order valence-electron chi connectivity index (χ4n) is 3.88. The SMILES string of the molecule is CC(C)CC(N)C(=O)NC(Cc1ccc(O)cc1)C(=O)NC(C)C(=O)N1CCCC1C(=O)O. The molecule has 1 aromatic carbocycles. The highest BCUT2D eigenvalue weighted by Crippen LogP contribution is 2.18. The van der Waals surface area contributed by atoms with E-state index in [4.69, 9.17) is 5.73 Å². The predicted octanol–water partition coefficient (Wildman–Crippen LogP) is 0.373. The molecular formula is C23H34N4O6. The number of nitrogens with zero attached hydrogens (tertiary/aromatic N) is 1. The molecule has 0 spiro atoms. The molecule has 4 unspecified atom stereocenters. The van der Waals surface area contributed by atoms with Gasteiger partial charge in [0.05, 0.1) is 6.04 Å². The third-order valence-corrected chi connectivity index (χ3v) is 5.62. The van der Waals surface area contributed by atoms with Gasteiger partial charge in [-0.3, -0.25) is 14.4 Å². The Balaban J connectivity index is 2.12. The first kappa shape index (κ1) is 26.1. The second-order valence-electron chi connectivity index (χ2n) is 8.93. The van der Waals surface area contributed by atoms with Gasteiger partial charge in [0, 0.05) is 13.0 Å². The summed E-state index contributed by atoms with van der Waals surface area (Å²) < 4.78 is 0. The average Bonchev–Trinajstić information content (AvgIpc) is 3.23.